The van der Waals surface area contributed by atoms with Crippen molar-refractivity contribution in [1.82, 2.24) is 0 Å². The minimum absolute atomic E-state index is 0.234. The van der Waals surface area contributed by atoms with Crippen LogP contribution in [0.4, 0.5) is 8.78 Å². The second-order valence-electron chi connectivity index (χ2n) is 2.29. The molecule has 0 radical (unpaired) electrons. The number of ether oxygens (including phenoxy) is 1. The van der Waals surface area contributed by atoms with Gasteiger partial charge in [0.25, 0.3) is 0 Å². The fourth-order valence-corrected chi connectivity index (χ4v) is 1.04. The van der Waals surface area contributed by atoms with E-state index in [9.17, 15) is 18.9 Å². The van der Waals surface area contributed by atoms with Crippen LogP contribution in [0.15, 0.2) is 35.0 Å². The molecular weight excluding hydrogens is 276 g/mol. The number of nitro groups is 1. The van der Waals surface area contributed by atoms with Gasteiger partial charge in [-0.05, 0) is 18.2 Å². The molecule has 0 rings (SSSR count). The molecule has 0 spiro atoms. The van der Waals surface area contributed by atoms with E-state index in [1.54, 1.807) is 0 Å². The van der Waals surface area contributed by atoms with Crippen molar-refractivity contribution < 1.29 is 18.4 Å². The largest absolute Gasteiger partial charge is 0.435 e. The van der Waals surface area contributed by atoms with Gasteiger partial charge in [0.05, 0.1) is 0 Å². The maximum Gasteiger partial charge on any atom is 0.387 e. The molecule has 0 amide bonds. The van der Waals surface area contributed by atoms with Gasteiger partial charge in [0.2, 0.25) is 6.54 Å². The van der Waals surface area contributed by atoms with Gasteiger partial charge >= 0.3 is 6.61 Å². The van der Waals surface area contributed by atoms with Gasteiger partial charge in [-0.2, -0.15) is 8.78 Å². The maximum absolute atomic E-state index is 11.7. The average Bonchev–Trinajstić information content (AvgIpc) is 2.00. The Bertz CT molecular complexity index is 302. The third-order valence-electron chi connectivity index (χ3n) is 1.07. The Balaban J connectivity index is 4.13. The first-order valence-corrected chi connectivity index (χ1v) is 4.50. The van der Waals surface area contributed by atoms with Gasteiger partial charge in [-0.3, -0.25) is 10.1 Å². The Hall–Kier alpha value is -1.24. The highest BCUT2D eigenvalue weighted by Gasteiger charge is 2.02. The zero-order valence-corrected chi connectivity index (χ0v) is 9.12. The van der Waals surface area contributed by atoms with Gasteiger partial charge in [0, 0.05) is 9.41 Å². The summed E-state index contributed by atoms with van der Waals surface area (Å²) >= 11 is 2.98. The van der Waals surface area contributed by atoms with Crippen LogP contribution in [-0.4, -0.2) is 18.1 Å². The third kappa shape index (κ3) is 9.07. The normalized spacial score (nSPS) is 12.1. The van der Waals surface area contributed by atoms with Gasteiger partial charge in [-0.25, -0.2) is 0 Å². The van der Waals surface area contributed by atoms with Crippen molar-refractivity contribution in [1.29, 1.82) is 0 Å². The summed E-state index contributed by atoms with van der Waals surface area (Å²) in [6.45, 7) is -0.0740. The van der Waals surface area contributed by atoms with Crippen LogP contribution in [0, 0.1) is 10.1 Å². The third-order valence-corrected chi connectivity index (χ3v) is 1.56. The van der Waals surface area contributed by atoms with Crippen molar-refractivity contribution in [3.05, 3.63) is 45.2 Å². The summed E-state index contributed by atoms with van der Waals surface area (Å²) in [5.74, 6) is -0.234. The van der Waals surface area contributed by atoms with Crippen LogP contribution < -0.4 is 0 Å². The molecule has 0 fully saturated rings. The molecule has 0 saturated carbocycles. The van der Waals surface area contributed by atoms with E-state index in [-0.39, 0.29) is 12.3 Å². The molecule has 0 saturated heterocycles. The Morgan fingerprint density at radius 1 is 1.67 bits per heavy atom. The molecule has 0 aromatic rings. The van der Waals surface area contributed by atoms with E-state index in [4.69, 9.17) is 0 Å². The van der Waals surface area contributed by atoms with E-state index in [0.717, 1.165) is 0 Å². The summed E-state index contributed by atoms with van der Waals surface area (Å²) < 4.78 is 27.6. The summed E-state index contributed by atoms with van der Waals surface area (Å²) in [5.41, 5.74) is 0. The van der Waals surface area contributed by atoms with Crippen molar-refractivity contribution in [3.8, 4) is 0 Å². The Labute approximate surface area is 93.2 Å². The molecule has 0 atom stereocenters. The molecule has 0 N–H and O–H groups in total. The van der Waals surface area contributed by atoms with Crippen molar-refractivity contribution in [2.45, 2.75) is 6.61 Å². The van der Waals surface area contributed by atoms with Crippen LogP contribution in [0.2, 0.25) is 0 Å². The fraction of sp³-hybridized carbons (Fsp3) is 0.250. The van der Waals surface area contributed by atoms with Gasteiger partial charge in [-0.15, -0.1) is 0 Å². The fourth-order valence-electron chi connectivity index (χ4n) is 0.602. The molecule has 7 heteroatoms. The van der Waals surface area contributed by atoms with Gasteiger partial charge < -0.3 is 4.74 Å². The van der Waals surface area contributed by atoms with E-state index in [1.807, 2.05) is 0 Å². The second kappa shape index (κ2) is 7.10. The maximum atomic E-state index is 11.7. The molecule has 0 aromatic heterocycles. The quantitative estimate of drug-likeness (QED) is 0.326. The van der Waals surface area contributed by atoms with E-state index >= 15 is 0 Å². The van der Waals surface area contributed by atoms with Crippen molar-refractivity contribution >= 4 is 15.9 Å². The van der Waals surface area contributed by atoms with Gasteiger partial charge in [0.1, 0.15) is 5.76 Å². The van der Waals surface area contributed by atoms with E-state index in [1.165, 1.54) is 18.2 Å². The monoisotopic (exact) mass is 283 g/mol. The zero-order valence-electron chi connectivity index (χ0n) is 7.53. The average molecular weight is 284 g/mol. The Kier molecular flexibility index (Phi) is 6.52. The van der Waals surface area contributed by atoms with Gasteiger partial charge in [0.15, 0.2) is 0 Å². The molecule has 0 aliphatic carbocycles. The number of hydrogen-bond acceptors (Lipinski definition) is 3. The molecule has 0 aromatic carbocycles. The molecular formula is C8H8BrF2NO3. The van der Waals surface area contributed by atoms with Gasteiger partial charge in [-0.1, -0.05) is 22.5 Å². The van der Waals surface area contributed by atoms with Crippen molar-refractivity contribution in [2.75, 3.05) is 6.54 Å². The smallest absolute Gasteiger partial charge is 0.387 e. The standard InChI is InChI=1S/C8H8BrF2NO3/c1-6(15-8(10)11)5-7(9)3-2-4-12(13)14/h2-3,5,8H,1,4H2/b3-2-,7-5+. The lowest BCUT2D eigenvalue weighted by molar-refractivity contribution is -0.468. The summed E-state index contributed by atoms with van der Waals surface area (Å²) in [6, 6.07) is 0. The van der Waals surface area contributed by atoms with Crippen LogP contribution in [0.1, 0.15) is 0 Å². The SMILES string of the molecule is C=C(/C=C(Br)\C=C/C[N+](=O)[O-])OC(F)F. The predicted octanol–water partition coefficient (Wildman–Crippen LogP) is 2.85. The van der Waals surface area contributed by atoms with Crippen LogP contribution in [0.25, 0.3) is 0 Å². The number of allylic oxidation sites excluding steroid dienone is 3. The van der Waals surface area contributed by atoms with Crippen LogP contribution in [0.5, 0.6) is 0 Å². The zero-order chi connectivity index (χ0) is 11.8. The summed E-state index contributed by atoms with van der Waals surface area (Å²) in [6.07, 6.45) is 3.79. The number of nitrogens with zero attached hydrogens (tertiary/aromatic N) is 1. The minimum Gasteiger partial charge on any atom is -0.435 e. The van der Waals surface area contributed by atoms with E-state index in [2.05, 4.69) is 27.2 Å². The molecule has 0 bridgehead atoms. The first-order chi connectivity index (χ1) is 6.91. The number of hydrogen-bond donors (Lipinski definition) is 0. The summed E-state index contributed by atoms with van der Waals surface area (Å²) in [5, 5.41) is 9.93. The highest BCUT2D eigenvalue weighted by molar-refractivity contribution is 9.11. The lowest BCUT2D eigenvalue weighted by Gasteiger charge is -2.02. The highest BCUT2D eigenvalue weighted by Crippen LogP contribution is 2.13. The Morgan fingerprint density at radius 3 is 2.73 bits per heavy atom. The molecule has 0 aliphatic rings. The van der Waals surface area contributed by atoms with Crippen molar-refractivity contribution in [3.63, 3.8) is 0 Å². The second-order valence-corrected chi connectivity index (χ2v) is 3.21. The first-order valence-electron chi connectivity index (χ1n) is 3.71. The van der Waals surface area contributed by atoms with Crippen LogP contribution in [0.3, 0.4) is 0 Å². The summed E-state index contributed by atoms with van der Waals surface area (Å²) in [7, 11) is 0. The number of rotatable bonds is 6. The molecule has 84 valence electrons. The van der Waals surface area contributed by atoms with Crippen molar-refractivity contribution in [2.24, 2.45) is 0 Å². The minimum atomic E-state index is -2.93. The van der Waals surface area contributed by atoms with E-state index in [0.29, 0.717) is 4.48 Å². The number of alkyl halides is 2. The topological polar surface area (TPSA) is 52.4 Å². The molecule has 15 heavy (non-hydrogen) atoms. The Morgan fingerprint density at radius 2 is 2.27 bits per heavy atom. The lowest BCUT2D eigenvalue weighted by atomic mass is 10.4. The predicted molar refractivity (Wildman–Crippen MR) is 54.2 cm³/mol. The van der Waals surface area contributed by atoms with Crippen LogP contribution in [-0.2, 0) is 4.74 Å². The first kappa shape index (κ1) is 13.8. The molecule has 0 heterocycles. The highest BCUT2D eigenvalue weighted by atomic mass is 79.9. The molecule has 4 nitrogen and oxygen atoms in total. The molecule has 0 unspecified atom stereocenters. The van der Waals surface area contributed by atoms with E-state index < -0.39 is 11.5 Å². The lowest BCUT2D eigenvalue weighted by Crippen LogP contribution is -1.96. The van der Waals surface area contributed by atoms with Crippen LogP contribution >= 0.6 is 15.9 Å². The summed E-state index contributed by atoms with van der Waals surface area (Å²) in [4.78, 5) is 9.40. The number of halogens is 3. The molecule has 0 aliphatic heterocycles.